The van der Waals surface area contributed by atoms with Gasteiger partial charge in [0.1, 0.15) is 12.4 Å². The van der Waals surface area contributed by atoms with Gasteiger partial charge in [-0.3, -0.25) is 0 Å². The Morgan fingerprint density at radius 1 is 1.20 bits per heavy atom. The Bertz CT molecular complexity index is 625. The lowest BCUT2D eigenvalue weighted by atomic mass is 10.1. The van der Waals surface area contributed by atoms with Crippen molar-refractivity contribution in [2.45, 2.75) is 13.2 Å². The molecule has 0 unspecified atom stereocenters. The third kappa shape index (κ3) is 3.07. The van der Waals surface area contributed by atoms with Crippen LogP contribution in [0, 0.1) is 0 Å². The maximum atomic E-state index is 11.2. The molecule has 20 heavy (non-hydrogen) atoms. The molecule has 0 bridgehead atoms. The van der Waals surface area contributed by atoms with E-state index in [4.69, 9.17) is 20.7 Å². The lowest BCUT2D eigenvalue weighted by Gasteiger charge is -2.11. The maximum Gasteiger partial charge on any atom is 0.338 e. The molecule has 0 aliphatic rings. The summed E-state index contributed by atoms with van der Waals surface area (Å²) in [4.78, 5) is 11.2. The fourth-order valence-electron chi connectivity index (χ4n) is 1.90. The van der Waals surface area contributed by atoms with E-state index in [2.05, 4.69) is 0 Å². The van der Waals surface area contributed by atoms with E-state index >= 15 is 0 Å². The topological polar surface area (TPSA) is 92.8 Å². The summed E-state index contributed by atoms with van der Waals surface area (Å²) < 4.78 is 5.55. The molecular formula is C15H15NO4. The van der Waals surface area contributed by atoms with Crippen LogP contribution in [0.25, 0.3) is 0 Å². The summed E-state index contributed by atoms with van der Waals surface area (Å²) in [7, 11) is 0. The highest BCUT2D eigenvalue weighted by Crippen LogP contribution is 2.20. The Morgan fingerprint density at radius 3 is 2.65 bits per heavy atom. The number of ether oxygens (including phenoxy) is 1. The second-order valence-corrected chi connectivity index (χ2v) is 4.28. The number of rotatable bonds is 5. The average Bonchev–Trinajstić information content (AvgIpc) is 2.45. The van der Waals surface area contributed by atoms with Crippen LogP contribution < -0.4 is 10.5 Å². The quantitative estimate of drug-likeness (QED) is 0.725. The molecule has 0 fully saturated rings. The monoisotopic (exact) mass is 273 g/mol. The third-order valence-corrected chi connectivity index (χ3v) is 2.87. The van der Waals surface area contributed by atoms with E-state index in [9.17, 15) is 4.79 Å². The fraction of sp³-hybridized carbons (Fsp3) is 0.133. The van der Waals surface area contributed by atoms with Crippen LogP contribution in [0.3, 0.4) is 0 Å². The zero-order valence-corrected chi connectivity index (χ0v) is 10.7. The normalized spacial score (nSPS) is 10.2. The molecule has 2 aromatic rings. The van der Waals surface area contributed by atoms with Gasteiger partial charge in [-0.05, 0) is 23.8 Å². The number of nitrogens with two attached hydrogens (primary N) is 1. The molecule has 0 aliphatic carbocycles. The first kappa shape index (κ1) is 13.9. The van der Waals surface area contributed by atoms with Gasteiger partial charge >= 0.3 is 5.97 Å². The average molecular weight is 273 g/mol. The summed E-state index contributed by atoms with van der Waals surface area (Å²) in [5.41, 5.74) is 7.18. The maximum absolute atomic E-state index is 11.2. The highest BCUT2D eigenvalue weighted by atomic mass is 16.5. The molecule has 0 saturated carbocycles. The van der Waals surface area contributed by atoms with Crippen LogP contribution >= 0.6 is 0 Å². The lowest BCUT2D eigenvalue weighted by Crippen LogP contribution is -2.09. The number of aliphatic hydroxyl groups is 1. The van der Waals surface area contributed by atoms with Crippen LogP contribution in [0.15, 0.2) is 42.5 Å². The molecule has 2 aromatic carbocycles. The summed E-state index contributed by atoms with van der Waals surface area (Å²) in [5.74, 6) is -0.513. The number of benzene rings is 2. The van der Waals surface area contributed by atoms with E-state index in [0.717, 1.165) is 5.56 Å². The number of aliphatic hydroxyl groups excluding tert-OH is 1. The molecule has 0 spiro atoms. The number of carboxylic acid groups (broad SMARTS) is 1. The number of hydrogen-bond acceptors (Lipinski definition) is 4. The Kier molecular flexibility index (Phi) is 4.22. The zero-order valence-electron chi connectivity index (χ0n) is 10.7. The van der Waals surface area contributed by atoms with Crippen LogP contribution in [0.4, 0.5) is 5.69 Å². The van der Waals surface area contributed by atoms with Crippen molar-refractivity contribution in [2.75, 3.05) is 5.73 Å². The molecule has 0 heterocycles. The summed E-state index contributed by atoms with van der Waals surface area (Å²) in [5, 5.41) is 18.2. The largest absolute Gasteiger partial charge is 0.489 e. The van der Waals surface area contributed by atoms with Crippen LogP contribution in [0.2, 0.25) is 0 Å². The molecule has 0 amide bonds. The van der Waals surface area contributed by atoms with E-state index in [0.29, 0.717) is 11.3 Å². The molecular weight excluding hydrogens is 258 g/mol. The molecule has 0 radical (unpaired) electrons. The van der Waals surface area contributed by atoms with Crippen LogP contribution in [-0.2, 0) is 13.2 Å². The minimum absolute atomic E-state index is 0.0609. The van der Waals surface area contributed by atoms with Crippen molar-refractivity contribution >= 4 is 11.7 Å². The van der Waals surface area contributed by atoms with Gasteiger partial charge in [0.05, 0.1) is 12.2 Å². The fourth-order valence-corrected chi connectivity index (χ4v) is 1.90. The van der Waals surface area contributed by atoms with Gasteiger partial charge in [-0.1, -0.05) is 24.3 Å². The molecule has 104 valence electrons. The highest BCUT2D eigenvalue weighted by molar-refractivity contribution is 5.95. The molecule has 4 N–H and O–H groups in total. The molecule has 5 heteroatoms. The van der Waals surface area contributed by atoms with Crippen molar-refractivity contribution < 1.29 is 19.7 Å². The van der Waals surface area contributed by atoms with Crippen molar-refractivity contribution in [3.8, 4) is 5.75 Å². The predicted molar refractivity (Wildman–Crippen MR) is 74.5 cm³/mol. The first-order chi connectivity index (χ1) is 9.61. The summed E-state index contributed by atoms with van der Waals surface area (Å²) >= 11 is 0. The lowest BCUT2D eigenvalue weighted by molar-refractivity contribution is 0.0695. The van der Waals surface area contributed by atoms with Crippen LogP contribution in [0.5, 0.6) is 5.75 Å². The SMILES string of the molecule is Nc1cccc(COc2cccc(CO)c2)c1C(=O)O. The van der Waals surface area contributed by atoms with Crippen LogP contribution in [0.1, 0.15) is 21.5 Å². The number of carbonyl (C=O) groups is 1. The van der Waals surface area contributed by atoms with Crippen molar-refractivity contribution in [1.29, 1.82) is 0 Å². The van der Waals surface area contributed by atoms with Gasteiger partial charge in [-0.2, -0.15) is 0 Å². The van der Waals surface area contributed by atoms with Crippen molar-refractivity contribution in [2.24, 2.45) is 0 Å². The highest BCUT2D eigenvalue weighted by Gasteiger charge is 2.13. The Hall–Kier alpha value is -2.53. The van der Waals surface area contributed by atoms with Gasteiger partial charge < -0.3 is 20.7 Å². The molecule has 0 aromatic heterocycles. The first-order valence-electron chi connectivity index (χ1n) is 6.05. The second-order valence-electron chi connectivity index (χ2n) is 4.28. The summed E-state index contributed by atoms with van der Waals surface area (Å²) in [6.07, 6.45) is 0. The zero-order chi connectivity index (χ0) is 14.5. The first-order valence-corrected chi connectivity index (χ1v) is 6.05. The second kappa shape index (κ2) is 6.08. The van der Waals surface area contributed by atoms with Gasteiger partial charge in [-0.25, -0.2) is 4.79 Å². The van der Waals surface area contributed by atoms with Crippen molar-refractivity contribution in [3.63, 3.8) is 0 Å². The minimum atomic E-state index is -1.08. The van der Waals surface area contributed by atoms with E-state index in [1.54, 1.807) is 42.5 Å². The predicted octanol–water partition coefficient (Wildman–Crippen LogP) is 2.04. The summed E-state index contributed by atoms with van der Waals surface area (Å²) in [6.45, 7) is 0.0252. The number of hydrogen-bond donors (Lipinski definition) is 3. The number of carboxylic acids is 1. The number of aromatic carboxylic acids is 1. The van der Waals surface area contributed by atoms with Gasteiger partial charge in [0.15, 0.2) is 0 Å². The minimum Gasteiger partial charge on any atom is -0.489 e. The summed E-state index contributed by atoms with van der Waals surface area (Å²) in [6, 6.07) is 11.9. The Balaban J connectivity index is 2.18. The molecule has 0 aliphatic heterocycles. The van der Waals surface area contributed by atoms with Gasteiger partial charge in [0.2, 0.25) is 0 Å². The van der Waals surface area contributed by atoms with E-state index in [1.807, 2.05) is 0 Å². The molecule has 0 atom stereocenters. The Labute approximate surface area is 116 Å². The van der Waals surface area contributed by atoms with E-state index in [1.165, 1.54) is 0 Å². The number of nitrogen functional groups attached to an aromatic ring is 1. The third-order valence-electron chi connectivity index (χ3n) is 2.87. The van der Waals surface area contributed by atoms with Crippen molar-refractivity contribution in [3.05, 3.63) is 59.2 Å². The van der Waals surface area contributed by atoms with Gasteiger partial charge in [-0.15, -0.1) is 0 Å². The Morgan fingerprint density at radius 2 is 1.95 bits per heavy atom. The van der Waals surface area contributed by atoms with Gasteiger partial charge in [0, 0.05) is 11.3 Å². The van der Waals surface area contributed by atoms with Crippen LogP contribution in [-0.4, -0.2) is 16.2 Å². The standard InChI is InChI=1S/C15H15NO4/c16-13-6-2-4-11(14(13)15(18)19)9-20-12-5-1-3-10(7-12)8-17/h1-7,17H,8-9,16H2,(H,18,19). The van der Waals surface area contributed by atoms with Gasteiger partial charge in [0.25, 0.3) is 0 Å². The van der Waals surface area contributed by atoms with Crippen molar-refractivity contribution in [1.82, 2.24) is 0 Å². The van der Waals surface area contributed by atoms with E-state index in [-0.39, 0.29) is 24.5 Å². The molecule has 5 nitrogen and oxygen atoms in total. The molecule has 2 rings (SSSR count). The smallest absolute Gasteiger partial charge is 0.338 e. The van der Waals surface area contributed by atoms with E-state index < -0.39 is 5.97 Å². The molecule has 0 saturated heterocycles. The number of anilines is 1.